The minimum atomic E-state index is -0.601. The SMILES string of the molecule is CN1CCN(CC(C(=O)O)C2CC2)CC1. The smallest absolute Gasteiger partial charge is 0.308 e. The standard InChI is InChI=1S/C11H20N2O2/c1-12-4-6-13(7-5-12)8-10(11(14)15)9-2-3-9/h9-10H,2-8H2,1H3,(H,14,15). The van der Waals surface area contributed by atoms with Gasteiger partial charge in [-0.3, -0.25) is 9.69 Å². The van der Waals surface area contributed by atoms with E-state index >= 15 is 0 Å². The first-order valence-electron chi connectivity index (χ1n) is 5.80. The Kier molecular flexibility index (Phi) is 3.26. The largest absolute Gasteiger partial charge is 0.481 e. The molecule has 0 radical (unpaired) electrons. The third kappa shape index (κ3) is 2.92. The Hall–Kier alpha value is -0.610. The van der Waals surface area contributed by atoms with E-state index in [2.05, 4.69) is 16.8 Å². The molecule has 4 nitrogen and oxygen atoms in total. The summed E-state index contributed by atoms with van der Waals surface area (Å²) in [5, 5.41) is 9.13. The van der Waals surface area contributed by atoms with Gasteiger partial charge >= 0.3 is 5.97 Å². The van der Waals surface area contributed by atoms with E-state index in [9.17, 15) is 4.79 Å². The van der Waals surface area contributed by atoms with Gasteiger partial charge in [0.2, 0.25) is 0 Å². The molecule has 0 aromatic rings. The molecular weight excluding hydrogens is 192 g/mol. The van der Waals surface area contributed by atoms with E-state index in [1.54, 1.807) is 0 Å². The highest BCUT2D eigenvalue weighted by molar-refractivity contribution is 5.71. The lowest BCUT2D eigenvalue weighted by Gasteiger charge is -2.33. The van der Waals surface area contributed by atoms with Crippen LogP contribution in [0.25, 0.3) is 0 Å². The van der Waals surface area contributed by atoms with Crippen LogP contribution in [-0.2, 0) is 4.79 Å². The molecule has 1 heterocycles. The number of hydrogen-bond donors (Lipinski definition) is 1. The van der Waals surface area contributed by atoms with Crippen molar-refractivity contribution in [1.82, 2.24) is 9.80 Å². The number of carbonyl (C=O) groups is 1. The van der Waals surface area contributed by atoms with Crippen LogP contribution in [0.3, 0.4) is 0 Å². The van der Waals surface area contributed by atoms with Crippen molar-refractivity contribution in [2.45, 2.75) is 12.8 Å². The van der Waals surface area contributed by atoms with Gasteiger partial charge in [0.15, 0.2) is 0 Å². The van der Waals surface area contributed by atoms with E-state index in [1.165, 1.54) is 0 Å². The normalized spacial score (nSPS) is 26.5. The number of nitrogens with zero attached hydrogens (tertiary/aromatic N) is 2. The molecule has 1 N–H and O–H groups in total. The van der Waals surface area contributed by atoms with Crippen LogP contribution in [0.4, 0.5) is 0 Å². The molecule has 1 unspecified atom stereocenters. The Morgan fingerprint density at radius 1 is 1.33 bits per heavy atom. The third-order valence-electron chi connectivity index (χ3n) is 3.56. The molecule has 1 saturated heterocycles. The monoisotopic (exact) mass is 212 g/mol. The average molecular weight is 212 g/mol. The summed E-state index contributed by atoms with van der Waals surface area (Å²) in [5.41, 5.74) is 0. The number of piperazine rings is 1. The fourth-order valence-corrected chi connectivity index (χ4v) is 2.24. The molecule has 0 aromatic heterocycles. The van der Waals surface area contributed by atoms with Crippen LogP contribution in [0.5, 0.6) is 0 Å². The second kappa shape index (κ2) is 4.49. The molecule has 0 aromatic carbocycles. The zero-order valence-electron chi connectivity index (χ0n) is 9.35. The number of carboxylic acids is 1. The summed E-state index contributed by atoms with van der Waals surface area (Å²) in [6.07, 6.45) is 2.23. The molecule has 0 amide bonds. The number of aliphatic carboxylic acids is 1. The topological polar surface area (TPSA) is 43.8 Å². The molecule has 86 valence electrons. The van der Waals surface area contributed by atoms with E-state index in [-0.39, 0.29) is 5.92 Å². The minimum absolute atomic E-state index is 0.117. The zero-order chi connectivity index (χ0) is 10.8. The quantitative estimate of drug-likeness (QED) is 0.730. The Bertz CT molecular complexity index is 233. The van der Waals surface area contributed by atoms with Crippen LogP contribution in [0.2, 0.25) is 0 Å². The summed E-state index contributed by atoms with van der Waals surface area (Å²) < 4.78 is 0. The number of likely N-dealkylation sites (N-methyl/N-ethyl adjacent to an activating group) is 1. The van der Waals surface area contributed by atoms with Gasteiger partial charge in [-0.15, -0.1) is 0 Å². The van der Waals surface area contributed by atoms with Crippen molar-refractivity contribution in [1.29, 1.82) is 0 Å². The molecule has 2 aliphatic rings. The van der Waals surface area contributed by atoms with Gasteiger partial charge in [0.1, 0.15) is 0 Å². The van der Waals surface area contributed by atoms with Gasteiger partial charge in [-0.05, 0) is 25.8 Å². The van der Waals surface area contributed by atoms with E-state index in [0.717, 1.165) is 45.6 Å². The molecule has 4 heteroatoms. The predicted molar refractivity (Wildman–Crippen MR) is 57.8 cm³/mol. The molecule has 0 bridgehead atoms. The van der Waals surface area contributed by atoms with Crippen LogP contribution in [0, 0.1) is 11.8 Å². The Morgan fingerprint density at radius 3 is 2.40 bits per heavy atom. The summed E-state index contributed by atoms with van der Waals surface area (Å²) >= 11 is 0. The predicted octanol–water partition coefficient (Wildman–Crippen LogP) is 0.345. The van der Waals surface area contributed by atoms with Gasteiger partial charge in [-0.2, -0.15) is 0 Å². The highest BCUT2D eigenvalue weighted by atomic mass is 16.4. The maximum absolute atomic E-state index is 11.1. The lowest BCUT2D eigenvalue weighted by molar-refractivity contribution is -0.143. The summed E-state index contributed by atoms with van der Waals surface area (Å²) in [7, 11) is 2.12. The molecule has 2 fully saturated rings. The van der Waals surface area contributed by atoms with Crippen molar-refractivity contribution < 1.29 is 9.90 Å². The first-order valence-corrected chi connectivity index (χ1v) is 5.80. The highest BCUT2D eigenvalue weighted by Crippen LogP contribution is 2.37. The van der Waals surface area contributed by atoms with Crippen molar-refractivity contribution in [2.75, 3.05) is 39.8 Å². The molecular formula is C11H20N2O2. The summed E-state index contributed by atoms with van der Waals surface area (Å²) in [6, 6.07) is 0. The fraction of sp³-hybridized carbons (Fsp3) is 0.909. The number of hydrogen-bond acceptors (Lipinski definition) is 3. The lowest BCUT2D eigenvalue weighted by Crippen LogP contribution is -2.47. The molecule has 15 heavy (non-hydrogen) atoms. The van der Waals surface area contributed by atoms with Crippen molar-refractivity contribution >= 4 is 5.97 Å². The molecule has 1 saturated carbocycles. The number of rotatable bonds is 4. The first-order chi connectivity index (χ1) is 7.16. The maximum Gasteiger partial charge on any atom is 0.308 e. The molecule has 1 aliphatic carbocycles. The van der Waals surface area contributed by atoms with Gasteiger partial charge in [0, 0.05) is 32.7 Å². The summed E-state index contributed by atoms with van der Waals surface area (Å²) in [6.45, 7) is 4.93. The zero-order valence-corrected chi connectivity index (χ0v) is 9.35. The van der Waals surface area contributed by atoms with Crippen LogP contribution in [0.15, 0.2) is 0 Å². The van der Waals surface area contributed by atoms with Crippen LogP contribution in [-0.4, -0.2) is 60.6 Å². The molecule has 0 spiro atoms. The second-order valence-corrected chi connectivity index (χ2v) is 4.89. The van der Waals surface area contributed by atoms with E-state index in [4.69, 9.17) is 5.11 Å². The van der Waals surface area contributed by atoms with Gasteiger partial charge in [0.25, 0.3) is 0 Å². The first kappa shape index (κ1) is 10.9. The number of carboxylic acid groups (broad SMARTS) is 1. The van der Waals surface area contributed by atoms with Crippen molar-refractivity contribution in [2.24, 2.45) is 11.8 Å². The Morgan fingerprint density at radius 2 is 1.93 bits per heavy atom. The highest BCUT2D eigenvalue weighted by Gasteiger charge is 2.37. The van der Waals surface area contributed by atoms with Crippen LogP contribution < -0.4 is 0 Å². The molecule has 2 rings (SSSR count). The van der Waals surface area contributed by atoms with E-state index in [0.29, 0.717) is 5.92 Å². The van der Waals surface area contributed by atoms with Crippen LogP contribution >= 0.6 is 0 Å². The Labute approximate surface area is 90.9 Å². The Balaban J connectivity index is 1.81. The lowest BCUT2D eigenvalue weighted by atomic mass is 10.0. The van der Waals surface area contributed by atoms with Gasteiger partial charge in [0.05, 0.1) is 5.92 Å². The minimum Gasteiger partial charge on any atom is -0.481 e. The summed E-state index contributed by atoms with van der Waals surface area (Å²) in [4.78, 5) is 15.7. The van der Waals surface area contributed by atoms with Crippen LogP contribution in [0.1, 0.15) is 12.8 Å². The van der Waals surface area contributed by atoms with Crippen molar-refractivity contribution in [3.63, 3.8) is 0 Å². The van der Waals surface area contributed by atoms with Crippen molar-refractivity contribution in [3.8, 4) is 0 Å². The van der Waals surface area contributed by atoms with E-state index < -0.39 is 5.97 Å². The summed E-state index contributed by atoms with van der Waals surface area (Å²) in [5.74, 6) is -0.257. The molecule has 1 atom stereocenters. The van der Waals surface area contributed by atoms with Gasteiger partial charge < -0.3 is 10.0 Å². The van der Waals surface area contributed by atoms with E-state index in [1.807, 2.05) is 0 Å². The van der Waals surface area contributed by atoms with Crippen molar-refractivity contribution in [3.05, 3.63) is 0 Å². The average Bonchev–Trinajstić information content (AvgIpc) is 3.00. The van der Waals surface area contributed by atoms with Gasteiger partial charge in [-0.1, -0.05) is 0 Å². The third-order valence-corrected chi connectivity index (χ3v) is 3.56. The molecule has 1 aliphatic heterocycles. The maximum atomic E-state index is 11.1. The fourth-order valence-electron chi connectivity index (χ4n) is 2.24. The second-order valence-electron chi connectivity index (χ2n) is 4.89. The van der Waals surface area contributed by atoms with Gasteiger partial charge in [-0.25, -0.2) is 0 Å².